The highest BCUT2D eigenvalue weighted by Gasteiger charge is 2.34. The standard InChI is InChI=1S/C16H13F5/c1-9(2)12-5-3-10(7-13(12)16(19,20)21)11-4-6-14(17)15(18)8-11/h3-9H,1-2H3. The fraction of sp³-hybridized carbons (Fsp3) is 0.250. The molecule has 2 rings (SSSR count). The van der Waals surface area contributed by atoms with E-state index in [-0.39, 0.29) is 22.6 Å². The molecule has 0 unspecified atom stereocenters. The Morgan fingerprint density at radius 3 is 1.90 bits per heavy atom. The zero-order valence-corrected chi connectivity index (χ0v) is 11.4. The molecule has 0 aliphatic heterocycles. The van der Waals surface area contributed by atoms with E-state index in [2.05, 4.69) is 0 Å². The van der Waals surface area contributed by atoms with E-state index in [0.717, 1.165) is 18.2 Å². The van der Waals surface area contributed by atoms with E-state index in [1.165, 1.54) is 18.2 Å². The fourth-order valence-electron chi connectivity index (χ4n) is 2.16. The van der Waals surface area contributed by atoms with Gasteiger partial charge in [0, 0.05) is 0 Å². The molecule has 0 saturated heterocycles. The minimum Gasteiger partial charge on any atom is -0.204 e. The summed E-state index contributed by atoms with van der Waals surface area (Å²) in [7, 11) is 0. The average Bonchev–Trinajstić information content (AvgIpc) is 2.40. The summed E-state index contributed by atoms with van der Waals surface area (Å²) in [4.78, 5) is 0. The maximum atomic E-state index is 13.2. The molecule has 0 bridgehead atoms. The van der Waals surface area contributed by atoms with Crippen LogP contribution in [0.4, 0.5) is 22.0 Å². The van der Waals surface area contributed by atoms with Crippen molar-refractivity contribution in [3.8, 4) is 11.1 Å². The normalized spacial score (nSPS) is 12.0. The Hall–Kier alpha value is -1.91. The van der Waals surface area contributed by atoms with Crippen molar-refractivity contribution in [2.45, 2.75) is 25.9 Å². The third-order valence-corrected chi connectivity index (χ3v) is 3.23. The van der Waals surface area contributed by atoms with Crippen molar-refractivity contribution in [2.24, 2.45) is 0 Å². The first-order chi connectivity index (χ1) is 9.70. The van der Waals surface area contributed by atoms with Crippen molar-refractivity contribution in [1.82, 2.24) is 0 Å². The third-order valence-electron chi connectivity index (χ3n) is 3.23. The van der Waals surface area contributed by atoms with E-state index < -0.39 is 23.4 Å². The molecule has 0 fully saturated rings. The van der Waals surface area contributed by atoms with Crippen LogP contribution >= 0.6 is 0 Å². The van der Waals surface area contributed by atoms with E-state index in [4.69, 9.17) is 0 Å². The molecule has 0 nitrogen and oxygen atoms in total. The van der Waals surface area contributed by atoms with Gasteiger partial charge >= 0.3 is 6.18 Å². The zero-order chi connectivity index (χ0) is 15.8. The third kappa shape index (κ3) is 3.23. The molecular weight excluding hydrogens is 287 g/mol. The lowest BCUT2D eigenvalue weighted by Gasteiger charge is -2.17. The molecular formula is C16H13F5. The minimum absolute atomic E-state index is 0.175. The second kappa shape index (κ2) is 5.47. The average molecular weight is 300 g/mol. The summed E-state index contributed by atoms with van der Waals surface area (Å²) in [5.74, 6) is -2.41. The van der Waals surface area contributed by atoms with Gasteiger partial charge < -0.3 is 0 Å². The maximum Gasteiger partial charge on any atom is 0.416 e. The topological polar surface area (TPSA) is 0 Å². The molecule has 0 spiro atoms. The van der Waals surface area contributed by atoms with Crippen molar-refractivity contribution < 1.29 is 22.0 Å². The van der Waals surface area contributed by atoms with Gasteiger partial charge in [0.1, 0.15) is 0 Å². The molecule has 0 radical (unpaired) electrons. The van der Waals surface area contributed by atoms with Crippen LogP contribution in [-0.4, -0.2) is 0 Å². The predicted octanol–water partition coefficient (Wildman–Crippen LogP) is 5.77. The van der Waals surface area contributed by atoms with Crippen LogP contribution in [0.3, 0.4) is 0 Å². The first-order valence-corrected chi connectivity index (χ1v) is 6.36. The van der Waals surface area contributed by atoms with Gasteiger partial charge in [-0.15, -0.1) is 0 Å². The Morgan fingerprint density at radius 2 is 1.38 bits per heavy atom. The van der Waals surface area contributed by atoms with Crippen LogP contribution in [0.25, 0.3) is 11.1 Å². The highest BCUT2D eigenvalue weighted by Crippen LogP contribution is 2.37. The molecule has 112 valence electrons. The van der Waals surface area contributed by atoms with E-state index in [9.17, 15) is 22.0 Å². The van der Waals surface area contributed by atoms with Gasteiger partial charge in [0.05, 0.1) is 5.56 Å². The Labute approximate surface area is 119 Å². The summed E-state index contributed by atoms with van der Waals surface area (Å²) in [6.45, 7) is 3.34. The van der Waals surface area contributed by atoms with Crippen molar-refractivity contribution in [3.05, 3.63) is 59.2 Å². The highest BCUT2D eigenvalue weighted by atomic mass is 19.4. The second-order valence-corrected chi connectivity index (χ2v) is 5.08. The number of alkyl halides is 3. The Morgan fingerprint density at radius 1 is 0.810 bits per heavy atom. The first-order valence-electron chi connectivity index (χ1n) is 6.36. The van der Waals surface area contributed by atoms with E-state index in [1.54, 1.807) is 13.8 Å². The quantitative estimate of drug-likeness (QED) is 0.617. The van der Waals surface area contributed by atoms with Gasteiger partial charge in [-0.3, -0.25) is 0 Å². The van der Waals surface area contributed by atoms with Gasteiger partial charge in [0.25, 0.3) is 0 Å². The van der Waals surface area contributed by atoms with E-state index >= 15 is 0 Å². The van der Waals surface area contributed by atoms with E-state index in [1.807, 2.05) is 0 Å². The molecule has 0 aromatic heterocycles. The number of benzene rings is 2. The maximum absolute atomic E-state index is 13.2. The Bertz CT molecular complexity index is 656. The largest absolute Gasteiger partial charge is 0.416 e. The molecule has 0 N–H and O–H groups in total. The molecule has 0 aliphatic carbocycles. The van der Waals surface area contributed by atoms with Crippen LogP contribution in [0.1, 0.15) is 30.9 Å². The van der Waals surface area contributed by atoms with Crippen LogP contribution < -0.4 is 0 Å². The summed E-state index contributed by atoms with van der Waals surface area (Å²) in [5, 5.41) is 0. The van der Waals surface area contributed by atoms with Crippen molar-refractivity contribution in [1.29, 1.82) is 0 Å². The number of hydrogen-bond acceptors (Lipinski definition) is 0. The highest BCUT2D eigenvalue weighted by molar-refractivity contribution is 5.65. The van der Waals surface area contributed by atoms with Crippen molar-refractivity contribution in [3.63, 3.8) is 0 Å². The lowest BCUT2D eigenvalue weighted by Crippen LogP contribution is -2.10. The predicted molar refractivity (Wildman–Crippen MR) is 70.9 cm³/mol. The summed E-state index contributed by atoms with van der Waals surface area (Å²) >= 11 is 0. The summed E-state index contributed by atoms with van der Waals surface area (Å²) in [6, 6.07) is 6.88. The van der Waals surface area contributed by atoms with Gasteiger partial charge in [0.2, 0.25) is 0 Å². The second-order valence-electron chi connectivity index (χ2n) is 5.08. The van der Waals surface area contributed by atoms with Crippen LogP contribution in [-0.2, 0) is 6.18 Å². The minimum atomic E-state index is -4.49. The van der Waals surface area contributed by atoms with Crippen LogP contribution in [0.2, 0.25) is 0 Å². The molecule has 0 amide bonds. The van der Waals surface area contributed by atoms with Crippen molar-refractivity contribution in [2.75, 3.05) is 0 Å². The number of rotatable bonds is 2. The van der Waals surface area contributed by atoms with Gasteiger partial charge in [-0.2, -0.15) is 13.2 Å². The number of hydrogen-bond donors (Lipinski definition) is 0. The van der Waals surface area contributed by atoms with Gasteiger partial charge in [-0.25, -0.2) is 8.78 Å². The summed E-state index contributed by atoms with van der Waals surface area (Å²) in [5.41, 5.74) is -0.172. The van der Waals surface area contributed by atoms with Crippen LogP contribution in [0.15, 0.2) is 36.4 Å². The van der Waals surface area contributed by atoms with E-state index in [0.29, 0.717) is 0 Å². The van der Waals surface area contributed by atoms with Crippen LogP contribution in [0, 0.1) is 11.6 Å². The summed E-state index contributed by atoms with van der Waals surface area (Å²) in [6.07, 6.45) is -4.49. The Kier molecular flexibility index (Phi) is 4.03. The van der Waals surface area contributed by atoms with Gasteiger partial charge in [0.15, 0.2) is 11.6 Å². The smallest absolute Gasteiger partial charge is 0.204 e. The molecule has 0 atom stereocenters. The van der Waals surface area contributed by atoms with Crippen molar-refractivity contribution >= 4 is 0 Å². The van der Waals surface area contributed by atoms with Crippen LogP contribution in [0.5, 0.6) is 0 Å². The molecule has 2 aromatic carbocycles. The molecule has 2 aromatic rings. The molecule has 21 heavy (non-hydrogen) atoms. The lowest BCUT2D eigenvalue weighted by atomic mass is 9.93. The Balaban J connectivity index is 2.58. The SMILES string of the molecule is CC(C)c1ccc(-c2ccc(F)c(F)c2)cc1C(F)(F)F. The number of halogens is 5. The molecule has 0 aliphatic rings. The fourth-order valence-corrected chi connectivity index (χ4v) is 2.16. The lowest BCUT2D eigenvalue weighted by molar-refractivity contribution is -0.138. The monoisotopic (exact) mass is 300 g/mol. The first kappa shape index (κ1) is 15.5. The molecule has 0 saturated carbocycles. The van der Waals surface area contributed by atoms with Gasteiger partial charge in [-0.1, -0.05) is 32.0 Å². The van der Waals surface area contributed by atoms with Gasteiger partial charge in [-0.05, 0) is 40.8 Å². The summed E-state index contributed by atoms with van der Waals surface area (Å²) < 4.78 is 65.4. The zero-order valence-electron chi connectivity index (χ0n) is 11.4. The molecule has 5 heteroatoms. The molecule has 0 heterocycles.